The Balaban J connectivity index is 0.000000186. The minimum atomic E-state index is -0.424. The van der Waals surface area contributed by atoms with Crippen molar-refractivity contribution in [1.82, 2.24) is 9.55 Å². The van der Waals surface area contributed by atoms with Gasteiger partial charge in [-0.3, -0.25) is 0 Å². The highest BCUT2D eigenvalue weighted by Crippen LogP contribution is 2.34. The molecule has 37 heavy (non-hydrogen) atoms. The third-order valence-corrected chi connectivity index (χ3v) is 9.64. The number of benzene rings is 4. The lowest BCUT2D eigenvalue weighted by molar-refractivity contribution is 0.590. The molecule has 5 aromatic rings. The highest BCUT2D eigenvalue weighted by atomic mass is 28.2. The van der Waals surface area contributed by atoms with Gasteiger partial charge in [-0.25, -0.2) is 4.98 Å². The molecule has 5 rings (SSSR count). The summed E-state index contributed by atoms with van der Waals surface area (Å²) >= 11 is 0. The van der Waals surface area contributed by atoms with Crippen molar-refractivity contribution in [2.24, 2.45) is 0 Å². The molecule has 4 heteroatoms. The van der Waals surface area contributed by atoms with Gasteiger partial charge < -0.3 is 4.57 Å². The van der Waals surface area contributed by atoms with Gasteiger partial charge in [0, 0.05) is 12.4 Å². The average Bonchev–Trinajstić information content (AvgIpc) is 3.52. The standard InChI is InChI=1S/C19H22N2Si.C14H11B/c1-2-15-22-19(21-14-13-20-16-21,17-9-5-3-6-10-17)18-11-7-4-8-12-18;15-11-14(12-7-3-1-4-8-12)13-9-5-2-6-10-13/h3-14,16H,2,15,22H2,1H3;1-11H. The van der Waals surface area contributed by atoms with Gasteiger partial charge in [0.25, 0.3) is 0 Å². The molecule has 182 valence electrons. The van der Waals surface area contributed by atoms with Crippen LogP contribution < -0.4 is 0 Å². The molecular weight excluding hydrogens is 463 g/mol. The molecule has 0 unspecified atom stereocenters. The van der Waals surface area contributed by atoms with Crippen LogP contribution >= 0.6 is 0 Å². The molecular formula is C33H33BN2Si. The zero-order valence-electron chi connectivity index (χ0n) is 21.4. The maximum atomic E-state index is 5.67. The monoisotopic (exact) mass is 496 g/mol. The number of imidazole rings is 1. The van der Waals surface area contributed by atoms with Crippen molar-refractivity contribution in [2.45, 2.75) is 24.6 Å². The molecule has 0 saturated carbocycles. The number of rotatable bonds is 8. The lowest BCUT2D eigenvalue weighted by atomic mass is 9.92. The normalized spacial score (nSPS) is 11.1. The lowest BCUT2D eigenvalue weighted by Crippen LogP contribution is -2.41. The SMILES string of the molecule is CCC[SiH2]C(c1ccccc1)(c1ccccc1)n1ccnc1.[B]C=C(c1ccccc1)c1ccccc1. The molecule has 0 saturated heterocycles. The van der Waals surface area contributed by atoms with Gasteiger partial charge in [-0.1, -0.05) is 141 Å². The fourth-order valence-corrected chi connectivity index (χ4v) is 7.18. The van der Waals surface area contributed by atoms with E-state index in [1.165, 1.54) is 23.6 Å². The van der Waals surface area contributed by atoms with Gasteiger partial charge in [0.1, 0.15) is 7.85 Å². The summed E-state index contributed by atoms with van der Waals surface area (Å²) < 4.78 is 2.32. The van der Waals surface area contributed by atoms with Crippen LogP contribution in [0, 0.1) is 0 Å². The topological polar surface area (TPSA) is 17.8 Å². The summed E-state index contributed by atoms with van der Waals surface area (Å²) in [7, 11) is 5.25. The quantitative estimate of drug-likeness (QED) is 0.214. The van der Waals surface area contributed by atoms with E-state index in [1.807, 2.05) is 48.9 Å². The first-order valence-electron chi connectivity index (χ1n) is 12.9. The summed E-state index contributed by atoms with van der Waals surface area (Å²) in [5, 5.41) is -0.0466. The van der Waals surface area contributed by atoms with Crippen LogP contribution in [0.15, 0.2) is 146 Å². The van der Waals surface area contributed by atoms with E-state index >= 15 is 0 Å². The molecule has 0 aliphatic carbocycles. The summed E-state index contributed by atoms with van der Waals surface area (Å²) in [6.07, 6.45) is 7.22. The van der Waals surface area contributed by atoms with Gasteiger partial charge in [-0.2, -0.15) is 0 Å². The van der Waals surface area contributed by atoms with Crippen molar-refractivity contribution in [3.63, 3.8) is 0 Å². The molecule has 2 radical (unpaired) electrons. The van der Waals surface area contributed by atoms with E-state index in [1.54, 1.807) is 5.98 Å². The van der Waals surface area contributed by atoms with Gasteiger partial charge in [0.15, 0.2) is 0 Å². The fourth-order valence-electron chi connectivity index (χ4n) is 4.82. The number of nitrogens with zero attached hydrogens (tertiary/aromatic N) is 2. The Labute approximate surface area is 225 Å². The van der Waals surface area contributed by atoms with Crippen molar-refractivity contribution in [2.75, 3.05) is 0 Å². The predicted molar refractivity (Wildman–Crippen MR) is 161 cm³/mol. The first-order valence-corrected chi connectivity index (χ1v) is 14.6. The Morgan fingerprint density at radius 2 is 1.22 bits per heavy atom. The first kappa shape index (κ1) is 26.2. The molecule has 0 atom stereocenters. The zero-order chi connectivity index (χ0) is 25.8. The van der Waals surface area contributed by atoms with Crippen molar-refractivity contribution in [3.8, 4) is 0 Å². The Bertz CT molecular complexity index is 1260. The first-order chi connectivity index (χ1) is 18.3. The van der Waals surface area contributed by atoms with Gasteiger partial charge in [-0.05, 0) is 27.8 Å². The maximum absolute atomic E-state index is 5.67. The second-order valence-electron chi connectivity index (χ2n) is 8.98. The predicted octanol–water partition coefficient (Wildman–Crippen LogP) is 6.87. The summed E-state index contributed by atoms with van der Waals surface area (Å²) in [6.45, 7) is 2.28. The highest BCUT2D eigenvalue weighted by Gasteiger charge is 2.35. The minimum Gasteiger partial charge on any atom is -0.327 e. The molecule has 0 spiro atoms. The average molecular weight is 497 g/mol. The molecule has 0 amide bonds. The van der Waals surface area contributed by atoms with E-state index < -0.39 is 9.52 Å². The number of hydrogen-bond donors (Lipinski definition) is 0. The number of hydrogen-bond acceptors (Lipinski definition) is 1. The van der Waals surface area contributed by atoms with Crippen LogP contribution in [0.3, 0.4) is 0 Å². The van der Waals surface area contributed by atoms with E-state index in [0.717, 1.165) is 16.7 Å². The van der Waals surface area contributed by atoms with Crippen molar-refractivity contribution < 1.29 is 0 Å². The molecule has 1 aromatic heterocycles. The summed E-state index contributed by atoms with van der Waals surface area (Å²) in [4.78, 5) is 4.33. The van der Waals surface area contributed by atoms with Gasteiger partial charge in [-0.15, -0.1) is 5.98 Å². The Kier molecular flexibility index (Phi) is 9.50. The van der Waals surface area contributed by atoms with E-state index in [9.17, 15) is 0 Å². The van der Waals surface area contributed by atoms with Crippen LogP contribution in [-0.4, -0.2) is 26.9 Å². The van der Waals surface area contributed by atoms with E-state index in [-0.39, 0.29) is 5.16 Å². The van der Waals surface area contributed by atoms with Crippen LogP contribution in [-0.2, 0) is 5.16 Å². The molecule has 0 aliphatic rings. The molecule has 2 nitrogen and oxygen atoms in total. The van der Waals surface area contributed by atoms with Crippen LogP contribution in [0.2, 0.25) is 6.04 Å². The zero-order valence-corrected chi connectivity index (χ0v) is 22.9. The smallest absolute Gasteiger partial charge is 0.103 e. The third-order valence-electron chi connectivity index (χ3n) is 6.68. The molecule has 0 bridgehead atoms. The minimum absolute atomic E-state index is 0.0466. The second kappa shape index (κ2) is 13.4. The lowest BCUT2D eigenvalue weighted by Gasteiger charge is -2.36. The van der Waals surface area contributed by atoms with Crippen LogP contribution in [0.1, 0.15) is 35.6 Å². The van der Waals surface area contributed by atoms with Crippen LogP contribution in [0.25, 0.3) is 5.57 Å². The van der Waals surface area contributed by atoms with Crippen LogP contribution in [0.4, 0.5) is 0 Å². The maximum Gasteiger partial charge on any atom is 0.103 e. The van der Waals surface area contributed by atoms with Crippen molar-refractivity contribution in [3.05, 3.63) is 168 Å². The number of aromatic nitrogens is 2. The summed E-state index contributed by atoms with van der Waals surface area (Å²) in [5.74, 6) is 1.66. The van der Waals surface area contributed by atoms with Gasteiger partial charge >= 0.3 is 0 Å². The molecule has 4 aromatic carbocycles. The van der Waals surface area contributed by atoms with Crippen molar-refractivity contribution in [1.29, 1.82) is 0 Å². The Hall–Kier alpha value is -3.89. The molecule has 0 fully saturated rings. The second-order valence-corrected chi connectivity index (χ2v) is 11.2. The molecule has 0 N–H and O–H groups in total. The third kappa shape index (κ3) is 6.28. The van der Waals surface area contributed by atoms with E-state index in [2.05, 4.69) is 108 Å². The van der Waals surface area contributed by atoms with Crippen LogP contribution in [0.5, 0.6) is 0 Å². The van der Waals surface area contributed by atoms with E-state index in [0.29, 0.717) is 0 Å². The highest BCUT2D eigenvalue weighted by molar-refractivity contribution is 6.41. The Morgan fingerprint density at radius 1 is 0.757 bits per heavy atom. The van der Waals surface area contributed by atoms with Crippen molar-refractivity contribution >= 4 is 22.9 Å². The largest absolute Gasteiger partial charge is 0.327 e. The summed E-state index contributed by atoms with van der Waals surface area (Å²) in [6, 6.07) is 43.4. The summed E-state index contributed by atoms with van der Waals surface area (Å²) in [5.41, 5.74) is 6.10. The van der Waals surface area contributed by atoms with Gasteiger partial charge in [0.2, 0.25) is 0 Å². The van der Waals surface area contributed by atoms with Gasteiger partial charge in [0.05, 0.1) is 21.0 Å². The molecule has 1 heterocycles. The Morgan fingerprint density at radius 3 is 1.59 bits per heavy atom. The molecule has 0 aliphatic heterocycles. The van der Waals surface area contributed by atoms with E-state index in [4.69, 9.17) is 7.85 Å². The fraction of sp³-hybridized carbons (Fsp3) is 0.121.